The van der Waals surface area contributed by atoms with E-state index in [0.29, 0.717) is 5.92 Å². The van der Waals surface area contributed by atoms with Gasteiger partial charge in [-0.25, -0.2) is 0 Å². The summed E-state index contributed by atoms with van der Waals surface area (Å²) in [7, 11) is 0. The molecule has 0 aliphatic heterocycles. The molecule has 0 bridgehead atoms. The molecule has 0 aromatic heterocycles. The molecule has 0 amide bonds. The van der Waals surface area contributed by atoms with Crippen molar-refractivity contribution < 1.29 is 5.11 Å². The van der Waals surface area contributed by atoms with Crippen molar-refractivity contribution in [1.29, 1.82) is 0 Å². The van der Waals surface area contributed by atoms with Crippen LogP contribution in [0.4, 0.5) is 0 Å². The van der Waals surface area contributed by atoms with Gasteiger partial charge in [-0.2, -0.15) is 0 Å². The first-order chi connectivity index (χ1) is 8.34. The summed E-state index contributed by atoms with van der Waals surface area (Å²) in [5, 5.41) is 10.1. The molecule has 17 heavy (non-hydrogen) atoms. The zero-order valence-corrected chi connectivity index (χ0v) is 11.5. The van der Waals surface area contributed by atoms with Crippen LogP contribution in [-0.4, -0.2) is 11.2 Å². The summed E-state index contributed by atoms with van der Waals surface area (Å²) < 4.78 is 0. The minimum atomic E-state index is -0.0813. The van der Waals surface area contributed by atoms with Crippen LogP contribution in [0.5, 0.6) is 0 Å². The number of hydrogen-bond acceptors (Lipinski definition) is 1. The zero-order chi connectivity index (χ0) is 12.3. The highest BCUT2D eigenvalue weighted by atomic mass is 16.3. The Hall–Kier alpha value is -0.300. The zero-order valence-electron chi connectivity index (χ0n) is 11.5. The number of unbranched alkanes of at least 4 members (excludes halogenated alkanes) is 4. The Morgan fingerprint density at radius 3 is 2.53 bits per heavy atom. The van der Waals surface area contributed by atoms with Crippen molar-refractivity contribution in [3.05, 3.63) is 12.2 Å². The van der Waals surface area contributed by atoms with Gasteiger partial charge in [0.05, 0.1) is 6.10 Å². The van der Waals surface area contributed by atoms with Gasteiger partial charge in [0.15, 0.2) is 0 Å². The van der Waals surface area contributed by atoms with Crippen LogP contribution in [0.2, 0.25) is 0 Å². The Labute approximate surface area is 107 Å². The van der Waals surface area contributed by atoms with Crippen molar-refractivity contribution >= 4 is 0 Å². The van der Waals surface area contributed by atoms with E-state index in [4.69, 9.17) is 0 Å². The third-order valence-corrected chi connectivity index (χ3v) is 3.96. The summed E-state index contributed by atoms with van der Waals surface area (Å²) >= 11 is 0. The van der Waals surface area contributed by atoms with Crippen molar-refractivity contribution in [2.24, 2.45) is 5.92 Å². The molecule has 100 valence electrons. The molecule has 1 nitrogen and oxygen atoms in total. The summed E-state index contributed by atoms with van der Waals surface area (Å²) in [4.78, 5) is 0. The molecule has 1 saturated carbocycles. The van der Waals surface area contributed by atoms with Crippen LogP contribution < -0.4 is 0 Å². The summed E-state index contributed by atoms with van der Waals surface area (Å²) in [6, 6.07) is 0. The molecule has 1 N–H and O–H groups in total. The maximum absolute atomic E-state index is 10.1. The van der Waals surface area contributed by atoms with Crippen molar-refractivity contribution in [3.8, 4) is 0 Å². The standard InChI is InChI=1S/C16H30O/c1-2-3-4-5-6-7-11-14-16(17)15-12-9-8-10-13-15/h7,11,15-17H,2-6,8-10,12-14H2,1H3/b11-7+/t16-/m1/s1. The molecule has 0 aromatic rings. The lowest BCUT2D eigenvalue weighted by Crippen LogP contribution is -2.22. The van der Waals surface area contributed by atoms with E-state index >= 15 is 0 Å². The predicted molar refractivity (Wildman–Crippen MR) is 75.1 cm³/mol. The van der Waals surface area contributed by atoms with E-state index in [0.717, 1.165) is 6.42 Å². The molecule has 0 spiro atoms. The second-order valence-corrected chi connectivity index (χ2v) is 5.52. The number of rotatable bonds is 8. The fraction of sp³-hybridized carbons (Fsp3) is 0.875. The number of allylic oxidation sites excluding steroid dienone is 1. The highest BCUT2D eigenvalue weighted by molar-refractivity contribution is 4.86. The molecular weight excluding hydrogens is 208 g/mol. The Morgan fingerprint density at radius 2 is 1.82 bits per heavy atom. The number of aliphatic hydroxyl groups excluding tert-OH is 1. The molecule has 1 atom stereocenters. The minimum Gasteiger partial charge on any atom is -0.393 e. The first kappa shape index (κ1) is 14.8. The molecule has 1 fully saturated rings. The third-order valence-electron chi connectivity index (χ3n) is 3.96. The number of hydrogen-bond donors (Lipinski definition) is 1. The molecule has 0 saturated heterocycles. The Morgan fingerprint density at radius 1 is 1.06 bits per heavy atom. The molecule has 1 aliphatic carbocycles. The van der Waals surface area contributed by atoms with E-state index in [1.54, 1.807) is 0 Å². The highest BCUT2D eigenvalue weighted by Gasteiger charge is 2.20. The van der Waals surface area contributed by atoms with Gasteiger partial charge < -0.3 is 5.11 Å². The van der Waals surface area contributed by atoms with Crippen LogP contribution >= 0.6 is 0 Å². The first-order valence-corrected chi connectivity index (χ1v) is 7.67. The number of aliphatic hydroxyl groups is 1. The van der Waals surface area contributed by atoms with Crippen LogP contribution in [0, 0.1) is 5.92 Å². The molecule has 1 aliphatic rings. The van der Waals surface area contributed by atoms with Gasteiger partial charge >= 0.3 is 0 Å². The average Bonchev–Trinajstić information content (AvgIpc) is 2.38. The van der Waals surface area contributed by atoms with Gasteiger partial charge in [0.2, 0.25) is 0 Å². The van der Waals surface area contributed by atoms with E-state index in [2.05, 4.69) is 19.1 Å². The van der Waals surface area contributed by atoms with Crippen LogP contribution in [0.3, 0.4) is 0 Å². The molecule has 1 rings (SSSR count). The van der Waals surface area contributed by atoms with Crippen molar-refractivity contribution in [3.63, 3.8) is 0 Å². The van der Waals surface area contributed by atoms with Crippen molar-refractivity contribution in [2.45, 2.75) is 83.7 Å². The summed E-state index contributed by atoms with van der Waals surface area (Å²) in [6.07, 6.45) is 18.3. The molecule has 0 heterocycles. The lowest BCUT2D eigenvalue weighted by molar-refractivity contribution is 0.0873. The SMILES string of the molecule is CCCCCC/C=C/C[C@@H](O)C1CCCCC1. The molecule has 1 heteroatoms. The molecule has 0 unspecified atom stereocenters. The van der Waals surface area contributed by atoms with E-state index in [-0.39, 0.29) is 6.10 Å². The van der Waals surface area contributed by atoms with Crippen LogP contribution in [-0.2, 0) is 0 Å². The van der Waals surface area contributed by atoms with E-state index in [9.17, 15) is 5.11 Å². The van der Waals surface area contributed by atoms with Crippen molar-refractivity contribution in [1.82, 2.24) is 0 Å². The summed E-state index contributed by atoms with van der Waals surface area (Å²) in [5.74, 6) is 0.577. The van der Waals surface area contributed by atoms with Crippen molar-refractivity contribution in [2.75, 3.05) is 0 Å². The topological polar surface area (TPSA) is 20.2 Å². The average molecular weight is 238 g/mol. The molecule has 0 aromatic carbocycles. The minimum absolute atomic E-state index is 0.0813. The van der Waals surface area contributed by atoms with Gasteiger partial charge in [0.1, 0.15) is 0 Å². The van der Waals surface area contributed by atoms with Gasteiger partial charge in [-0.1, -0.05) is 57.6 Å². The van der Waals surface area contributed by atoms with Crippen LogP contribution in [0.25, 0.3) is 0 Å². The maximum Gasteiger partial charge on any atom is 0.0602 e. The van der Waals surface area contributed by atoms with E-state index < -0.39 is 0 Å². The van der Waals surface area contributed by atoms with Crippen LogP contribution in [0.15, 0.2) is 12.2 Å². The van der Waals surface area contributed by atoms with Crippen LogP contribution in [0.1, 0.15) is 77.6 Å². The second kappa shape index (κ2) is 9.70. The van der Waals surface area contributed by atoms with E-state index in [1.165, 1.54) is 64.2 Å². The van der Waals surface area contributed by atoms with Gasteiger partial charge in [-0.05, 0) is 38.0 Å². The third kappa shape index (κ3) is 6.88. The maximum atomic E-state index is 10.1. The lowest BCUT2D eigenvalue weighted by Gasteiger charge is -2.25. The Balaban J connectivity index is 2.01. The fourth-order valence-electron chi connectivity index (χ4n) is 2.75. The van der Waals surface area contributed by atoms with Gasteiger partial charge in [-0.3, -0.25) is 0 Å². The smallest absolute Gasteiger partial charge is 0.0602 e. The lowest BCUT2D eigenvalue weighted by atomic mass is 9.84. The van der Waals surface area contributed by atoms with E-state index in [1.807, 2.05) is 0 Å². The normalized spacial score (nSPS) is 19.9. The monoisotopic (exact) mass is 238 g/mol. The molecular formula is C16H30O. The summed E-state index contributed by atoms with van der Waals surface area (Å²) in [6.45, 7) is 2.25. The molecule has 0 radical (unpaired) electrons. The highest BCUT2D eigenvalue weighted by Crippen LogP contribution is 2.27. The van der Waals surface area contributed by atoms with Gasteiger partial charge in [0, 0.05) is 0 Å². The first-order valence-electron chi connectivity index (χ1n) is 7.67. The van der Waals surface area contributed by atoms with Gasteiger partial charge in [-0.15, -0.1) is 0 Å². The fourth-order valence-corrected chi connectivity index (χ4v) is 2.75. The Bertz CT molecular complexity index is 192. The Kier molecular flexibility index (Phi) is 8.42. The second-order valence-electron chi connectivity index (χ2n) is 5.52. The van der Waals surface area contributed by atoms with Gasteiger partial charge in [0.25, 0.3) is 0 Å². The quantitative estimate of drug-likeness (QED) is 0.473. The predicted octanol–water partition coefficient (Wildman–Crippen LogP) is 4.84. The largest absolute Gasteiger partial charge is 0.393 e. The summed E-state index contributed by atoms with van der Waals surface area (Å²) in [5.41, 5.74) is 0.